The van der Waals surface area contributed by atoms with Gasteiger partial charge in [-0.3, -0.25) is 0 Å². The second-order valence-corrected chi connectivity index (χ2v) is 6.94. The Kier molecular flexibility index (Phi) is 8.98. The predicted molar refractivity (Wildman–Crippen MR) is 120 cm³/mol. The number of benzene rings is 2. The number of rotatable bonds is 7. The molecular weight excluding hydrogens is 439 g/mol. The Labute approximate surface area is 188 Å². The number of hydrogen-bond acceptors (Lipinski definition) is 7. The summed E-state index contributed by atoms with van der Waals surface area (Å²) in [6, 6.07) is 19.3. The van der Waals surface area contributed by atoms with Crippen LogP contribution in [0.3, 0.4) is 0 Å². The smallest absolute Gasteiger partial charge is 0.475 e. The molecule has 176 valence electrons. The van der Waals surface area contributed by atoms with Crippen LogP contribution >= 0.6 is 0 Å². The quantitative estimate of drug-likeness (QED) is 0.415. The van der Waals surface area contributed by atoms with Crippen LogP contribution in [0.15, 0.2) is 66.9 Å². The molecule has 11 heteroatoms. The van der Waals surface area contributed by atoms with Crippen LogP contribution < -0.4 is 15.5 Å². The Hall–Kier alpha value is -3.86. The van der Waals surface area contributed by atoms with Crippen LogP contribution in [0.25, 0.3) is 0 Å². The van der Waals surface area contributed by atoms with Crippen LogP contribution in [0.5, 0.6) is 0 Å². The van der Waals surface area contributed by atoms with Gasteiger partial charge in [-0.05, 0) is 35.9 Å². The van der Waals surface area contributed by atoms with E-state index in [0.717, 1.165) is 16.9 Å². The van der Waals surface area contributed by atoms with Gasteiger partial charge in [0.15, 0.2) is 0 Å². The third-order valence-corrected chi connectivity index (χ3v) is 4.20. The molecule has 0 saturated carbocycles. The summed E-state index contributed by atoms with van der Waals surface area (Å²) in [5, 5.41) is 23.7. The van der Waals surface area contributed by atoms with Crippen LogP contribution in [-0.2, 0) is 4.79 Å². The van der Waals surface area contributed by atoms with E-state index in [4.69, 9.17) is 9.90 Å². The number of aromatic nitrogens is 2. The third-order valence-electron chi connectivity index (χ3n) is 4.20. The molecule has 0 saturated heterocycles. The molecule has 8 nitrogen and oxygen atoms in total. The number of aliphatic hydroxyl groups excluding tert-OH is 1. The molecule has 3 aromatic rings. The van der Waals surface area contributed by atoms with Gasteiger partial charge in [-0.1, -0.05) is 30.3 Å². The number of nitrogens with one attached hydrogen (secondary N) is 2. The van der Waals surface area contributed by atoms with Gasteiger partial charge in [-0.2, -0.15) is 18.2 Å². The van der Waals surface area contributed by atoms with Gasteiger partial charge in [-0.25, -0.2) is 9.78 Å². The van der Waals surface area contributed by atoms with E-state index in [2.05, 4.69) is 20.6 Å². The molecule has 1 aromatic heterocycles. The van der Waals surface area contributed by atoms with Crippen LogP contribution in [0.4, 0.5) is 36.3 Å². The van der Waals surface area contributed by atoms with Crippen molar-refractivity contribution in [1.29, 1.82) is 0 Å². The number of carbonyl (C=O) groups is 1. The molecule has 0 amide bonds. The van der Waals surface area contributed by atoms with E-state index >= 15 is 0 Å². The number of halogens is 3. The van der Waals surface area contributed by atoms with Crippen molar-refractivity contribution in [2.75, 3.05) is 36.2 Å². The SMILES string of the molecule is CN(C)c1ccc(Nc2nccc(NCC(O)c3ccccc3)n2)cc1.O=C(O)C(F)(F)F. The fraction of sp³-hybridized carbons (Fsp3) is 0.227. The Morgan fingerprint density at radius 2 is 1.67 bits per heavy atom. The lowest BCUT2D eigenvalue weighted by atomic mass is 10.1. The highest BCUT2D eigenvalue weighted by molar-refractivity contribution is 5.73. The fourth-order valence-corrected chi connectivity index (χ4v) is 2.48. The molecule has 1 atom stereocenters. The van der Waals surface area contributed by atoms with E-state index in [1.165, 1.54) is 0 Å². The van der Waals surface area contributed by atoms with Crippen molar-refractivity contribution in [3.05, 3.63) is 72.4 Å². The molecule has 4 N–H and O–H groups in total. The Bertz CT molecular complexity index is 1020. The molecule has 33 heavy (non-hydrogen) atoms. The minimum Gasteiger partial charge on any atom is -0.475 e. The zero-order valence-electron chi connectivity index (χ0n) is 17.9. The molecule has 0 aliphatic carbocycles. The number of carboxylic acid groups (broad SMARTS) is 1. The number of aliphatic hydroxyl groups is 1. The largest absolute Gasteiger partial charge is 0.490 e. The van der Waals surface area contributed by atoms with E-state index < -0.39 is 18.2 Å². The monoisotopic (exact) mass is 463 g/mol. The van der Waals surface area contributed by atoms with Gasteiger partial charge in [0.05, 0.1) is 6.10 Å². The first-order valence-electron chi connectivity index (χ1n) is 9.70. The van der Waals surface area contributed by atoms with Crippen molar-refractivity contribution in [3.63, 3.8) is 0 Å². The Balaban J connectivity index is 0.000000479. The minimum absolute atomic E-state index is 0.373. The second-order valence-electron chi connectivity index (χ2n) is 6.94. The lowest BCUT2D eigenvalue weighted by Gasteiger charge is -2.14. The standard InChI is InChI=1S/C20H23N5O.C2HF3O2/c1-25(2)17-10-8-16(9-11-17)23-20-21-13-12-19(24-20)22-14-18(26)15-6-4-3-5-7-15;3-2(4,5)1(6)7/h3-13,18,26H,14H2,1-2H3,(H2,21,22,23,24);(H,6,7). The maximum atomic E-state index is 10.6. The van der Waals surface area contributed by atoms with Gasteiger partial charge < -0.3 is 25.7 Å². The topological polar surface area (TPSA) is 111 Å². The van der Waals surface area contributed by atoms with E-state index in [1.807, 2.05) is 73.6 Å². The number of alkyl halides is 3. The molecule has 0 radical (unpaired) electrons. The summed E-state index contributed by atoms with van der Waals surface area (Å²) in [5.74, 6) is -1.60. The summed E-state index contributed by atoms with van der Waals surface area (Å²) in [7, 11) is 4.01. The van der Waals surface area contributed by atoms with Crippen LogP contribution in [-0.4, -0.2) is 53.0 Å². The van der Waals surface area contributed by atoms with Crippen LogP contribution in [0.1, 0.15) is 11.7 Å². The van der Waals surface area contributed by atoms with E-state index in [9.17, 15) is 18.3 Å². The summed E-state index contributed by atoms with van der Waals surface area (Å²) in [5.41, 5.74) is 2.91. The van der Waals surface area contributed by atoms with E-state index in [-0.39, 0.29) is 0 Å². The molecule has 0 aliphatic heterocycles. The summed E-state index contributed by atoms with van der Waals surface area (Å²) in [4.78, 5) is 19.6. The second kappa shape index (κ2) is 11.7. The van der Waals surface area contributed by atoms with Crippen molar-refractivity contribution in [2.45, 2.75) is 12.3 Å². The zero-order chi connectivity index (χ0) is 24.4. The molecule has 0 fully saturated rings. The number of hydrogen-bond donors (Lipinski definition) is 4. The molecule has 1 heterocycles. The van der Waals surface area contributed by atoms with Crippen molar-refractivity contribution >= 4 is 29.1 Å². The summed E-state index contributed by atoms with van der Waals surface area (Å²) in [6.07, 6.45) is -4.00. The summed E-state index contributed by atoms with van der Waals surface area (Å²) >= 11 is 0. The average Bonchev–Trinajstić information content (AvgIpc) is 2.78. The number of carboxylic acids is 1. The highest BCUT2D eigenvalue weighted by atomic mass is 19.4. The van der Waals surface area contributed by atoms with Crippen molar-refractivity contribution in [2.24, 2.45) is 0 Å². The lowest BCUT2D eigenvalue weighted by molar-refractivity contribution is -0.192. The first-order valence-corrected chi connectivity index (χ1v) is 9.70. The van der Waals surface area contributed by atoms with Gasteiger partial charge >= 0.3 is 12.1 Å². The number of aliphatic carboxylic acids is 1. The maximum Gasteiger partial charge on any atom is 0.490 e. The molecule has 0 spiro atoms. The van der Waals surface area contributed by atoms with Crippen molar-refractivity contribution < 1.29 is 28.2 Å². The number of anilines is 4. The highest BCUT2D eigenvalue weighted by Gasteiger charge is 2.38. The molecular formula is C22H24F3N5O3. The van der Waals surface area contributed by atoms with E-state index in [0.29, 0.717) is 18.3 Å². The van der Waals surface area contributed by atoms with Gasteiger partial charge in [0.2, 0.25) is 5.95 Å². The summed E-state index contributed by atoms with van der Waals surface area (Å²) < 4.78 is 31.7. The normalized spacial score (nSPS) is 11.6. The first kappa shape index (κ1) is 25.4. The van der Waals surface area contributed by atoms with Crippen LogP contribution in [0, 0.1) is 0 Å². The first-order chi connectivity index (χ1) is 15.6. The highest BCUT2D eigenvalue weighted by Crippen LogP contribution is 2.19. The summed E-state index contributed by atoms with van der Waals surface area (Å²) in [6.45, 7) is 0.373. The lowest BCUT2D eigenvalue weighted by Crippen LogP contribution is -2.21. The average molecular weight is 463 g/mol. The zero-order valence-corrected chi connectivity index (χ0v) is 17.9. The minimum atomic E-state index is -5.08. The van der Waals surface area contributed by atoms with E-state index in [1.54, 1.807) is 12.3 Å². The maximum absolute atomic E-state index is 10.6. The Morgan fingerprint density at radius 1 is 1.06 bits per heavy atom. The van der Waals surface area contributed by atoms with Gasteiger partial charge in [-0.15, -0.1) is 0 Å². The number of nitrogens with zero attached hydrogens (tertiary/aromatic N) is 3. The Morgan fingerprint density at radius 3 is 2.21 bits per heavy atom. The van der Waals surface area contributed by atoms with Crippen molar-refractivity contribution in [1.82, 2.24) is 9.97 Å². The predicted octanol–water partition coefficient (Wildman–Crippen LogP) is 4.07. The third kappa shape index (κ3) is 8.65. The van der Waals surface area contributed by atoms with Gasteiger partial charge in [0.1, 0.15) is 5.82 Å². The molecule has 0 aliphatic rings. The van der Waals surface area contributed by atoms with Gasteiger partial charge in [0, 0.05) is 38.2 Å². The molecule has 3 rings (SSSR count). The molecule has 2 aromatic carbocycles. The van der Waals surface area contributed by atoms with Crippen LogP contribution in [0.2, 0.25) is 0 Å². The molecule has 0 bridgehead atoms. The fourth-order valence-electron chi connectivity index (χ4n) is 2.48. The molecule has 1 unspecified atom stereocenters. The van der Waals surface area contributed by atoms with Crippen molar-refractivity contribution in [3.8, 4) is 0 Å². The van der Waals surface area contributed by atoms with Gasteiger partial charge in [0.25, 0.3) is 0 Å².